The lowest BCUT2D eigenvalue weighted by Gasteiger charge is -2.23. The number of nitrogens with zero attached hydrogens (tertiary/aromatic N) is 2. The van der Waals surface area contributed by atoms with Gasteiger partial charge in [-0.2, -0.15) is 11.8 Å². The number of hydrogen-bond acceptors (Lipinski definition) is 5. The van der Waals surface area contributed by atoms with Crippen LogP contribution in [-0.4, -0.2) is 47.0 Å². The first-order chi connectivity index (χ1) is 9.65. The maximum absolute atomic E-state index is 12.4. The highest BCUT2D eigenvalue weighted by Crippen LogP contribution is 2.32. The highest BCUT2D eigenvalue weighted by Gasteiger charge is 2.30. The van der Waals surface area contributed by atoms with E-state index in [2.05, 4.69) is 11.9 Å². The summed E-state index contributed by atoms with van der Waals surface area (Å²) < 4.78 is 5.04. The number of carbonyl (C=O) groups is 1. The lowest BCUT2D eigenvalue weighted by molar-refractivity contribution is 0.0729. The fourth-order valence-corrected chi connectivity index (χ4v) is 4.47. The van der Waals surface area contributed by atoms with Crippen molar-refractivity contribution >= 4 is 29.0 Å². The van der Waals surface area contributed by atoms with Crippen molar-refractivity contribution in [1.82, 2.24) is 9.88 Å². The summed E-state index contributed by atoms with van der Waals surface area (Å²) in [7, 11) is 3.54. The number of thiazole rings is 1. The van der Waals surface area contributed by atoms with Crippen LogP contribution >= 0.6 is 23.1 Å². The summed E-state index contributed by atoms with van der Waals surface area (Å²) in [6.07, 6.45) is 3.43. The Bertz CT molecular complexity index is 450. The molecule has 0 radical (unpaired) electrons. The Balaban J connectivity index is 1.94. The number of hydrogen-bond donors (Lipinski definition) is 0. The molecule has 6 heteroatoms. The minimum absolute atomic E-state index is 0.0377. The smallest absolute Gasteiger partial charge is 0.273 e. The summed E-state index contributed by atoms with van der Waals surface area (Å²) in [6, 6.07) is 0.360. The third-order valence-electron chi connectivity index (χ3n) is 3.67. The normalized spacial score (nSPS) is 22.1. The molecule has 4 nitrogen and oxygen atoms in total. The molecule has 0 spiro atoms. The van der Waals surface area contributed by atoms with Crippen LogP contribution in [0.4, 0.5) is 0 Å². The molecule has 0 aromatic carbocycles. The SMILES string of the molecule is CCS[C@@H]1CC[C@@H](N(C)C(=O)c2csc(COC)n2)C1. The zero-order chi connectivity index (χ0) is 14.5. The molecule has 1 aliphatic carbocycles. The Hall–Kier alpha value is -0.590. The number of thioether (sulfide) groups is 1. The van der Waals surface area contributed by atoms with Gasteiger partial charge in [0.05, 0.1) is 6.61 Å². The Morgan fingerprint density at radius 1 is 1.60 bits per heavy atom. The van der Waals surface area contributed by atoms with Crippen LogP contribution in [0.3, 0.4) is 0 Å². The summed E-state index contributed by atoms with van der Waals surface area (Å²) in [6.45, 7) is 2.67. The van der Waals surface area contributed by atoms with Crippen molar-refractivity contribution in [2.45, 2.75) is 44.1 Å². The summed E-state index contributed by atoms with van der Waals surface area (Å²) in [5, 5.41) is 3.40. The number of ether oxygens (including phenoxy) is 1. The van der Waals surface area contributed by atoms with E-state index in [1.807, 2.05) is 29.1 Å². The van der Waals surface area contributed by atoms with Crippen molar-refractivity contribution in [3.05, 3.63) is 16.1 Å². The second-order valence-corrected chi connectivity index (χ2v) is 7.54. The molecule has 0 unspecified atom stereocenters. The summed E-state index contributed by atoms with van der Waals surface area (Å²) in [5.41, 5.74) is 0.552. The molecule has 1 saturated carbocycles. The number of carbonyl (C=O) groups excluding carboxylic acids is 1. The van der Waals surface area contributed by atoms with Gasteiger partial charge < -0.3 is 9.64 Å². The predicted octanol–water partition coefficient (Wildman–Crippen LogP) is 3.04. The Morgan fingerprint density at radius 3 is 3.10 bits per heavy atom. The molecular formula is C14H22N2O2S2. The van der Waals surface area contributed by atoms with E-state index >= 15 is 0 Å². The average Bonchev–Trinajstić information content (AvgIpc) is 3.07. The molecule has 112 valence electrons. The second kappa shape index (κ2) is 7.43. The molecular weight excluding hydrogens is 292 g/mol. The van der Waals surface area contributed by atoms with Crippen LogP contribution in [0.2, 0.25) is 0 Å². The van der Waals surface area contributed by atoms with Gasteiger partial charge in [-0.3, -0.25) is 4.79 Å². The zero-order valence-electron chi connectivity index (χ0n) is 12.3. The first-order valence-corrected chi connectivity index (χ1v) is 8.90. The van der Waals surface area contributed by atoms with Gasteiger partial charge in [0, 0.05) is 30.8 Å². The monoisotopic (exact) mass is 314 g/mol. The second-order valence-electron chi connectivity index (χ2n) is 5.02. The molecule has 20 heavy (non-hydrogen) atoms. The van der Waals surface area contributed by atoms with Crippen LogP contribution in [-0.2, 0) is 11.3 Å². The van der Waals surface area contributed by atoms with Crippen LogP contribution in [0.5, 0.6) is 0 Å². The molecule has 1 heterocycles. The fraction of sp³-hybridized carbons (Fsp3) is 0.714. The van der Waals surface area contributed by atoms with E-state index in [4.69, 9.17) is 4.74 Å². The Morgan fingerprint density at radius 2 is 2.40 bits per heavy atom. The molecule has 2 atom stereocenters. The molecule has 1 aromatic heterocycles. The maximum atomic E-state index is 12.4. The van der Waals surface area contributed by atoms with Gasteiger partial charge in [-0.25, -0.2) is 4.98 Å². The first kappa shape index (κ1) is 15.8. The van der Waals surface area contributed by atoms with Gasteiger partial charge in [0.1, 0.15) is 10.7 Å². The highest BCUT2D eigenvalue weighted by molar-refractivity contribution is 7.99. The van der Waals surface area contributed by atoms with Crippen LogP contribution in [0, 0.1) is 0 Å². The van der Waals surface area contributed by atoms with E-state index in [1.54, 1.807) is 7.11 Å². The van der Waals surface area contributed by atoms with E-state index in [0.29, 0.717) is 23.6 Å². The maximum Gasteiger partial charge on any atom is 0.273 e. The number of methoxy groups -OCH3 is 1. The van der Waals surface area contributed by atoms with Gasteiger partial charge in [-0.15, -0.1) is 11.3 Å². The van der Waals surface area contributed by atoms with E-state index in [9.17, 15) is 4.79 Å². The third kappa shape index (κ3) is 3.74. The standard InChI is InChI=1S/C14H22N2O2S2/c1-4-19-11-6-5-10(7-11)16(2)14(17)12-9-20-13(15-12)8-18-3/h9-11H,4-8H2,1-3H3/t10-,11-/m1/s1. The molecule has 0 aliphatic heterocycles. The molecule has 0 saturated heterocycles. The quantitative estimate of drug-likeness (QED) is 0.809. The van der Waals surface area contributed by atoms with Gasteiger partial charge >= 0.3 is 0 Å². The molecule has 1 amide bonds. The van der Waals surface area contributed by atoms with E-state index in [1.165, 1.54) is 17.8 Å². The van der Waals surface area contributed by atoms with Crippen LogP contribution < -0.4 is 0 Å². The number of aromatic nitrogens is 1. The van der Waals surface area contributed by atoms with E-state index in [-0.39, 0.29) is 5.91 Å². The van der Waals surface area contributed by atoms with Gasteiger partial charge in [0.2, 0.25) is 0 Å². The number of amides is 1. The van der Waals surface area contributed by atoms with Crippen molar-refractivity contribution in [3.8, 4) is 0 Å². The van der Waals surface area contributed by atoms with Crippen LogP contribution in [0.15, 0.2) is 5.38 Å². The van der Waals surface area contributed by atoms with Crippen LogP contribution in [0.1, 0.15) is 41.7 Å². The topological polar surface area (TPSA) is 42.4 Å². The van der Waals surface area contributed by atoms with Gasteiger partial charge in [0.15, 0.2) is 0 Å². The summed E-state index contributed by atoms with van der Waals surface area (Å²) in [5.74, 6) is 1.19. The molecule has 1 aromatic rings. The van der Waals surface area contributed by atoms with Gasteiger partial charge in [-0.05, 0) is 25.0 Å². The largest absolute Gasteiger partial charge is 0.378 e. The minimum atomic E-state index is 0.0377. The molecule has 1 aliphatic rings. The van der Waals surface area contributed by atoms with Crippen molar-refractivity contribution in [2.75, 3.05) is 19.9 Å². The van der Waals surface area contributed by atoms with E-state index < -0.39 is 0 Å². The zero-order valence-corrected chi connectivity index (χ0v) is 13.9. The summed E-state index contributed by atoms with van der Waals surface area (Å²) in [4.78, 5) is 18.7. The molecule has 2 rings (SSSR count). The van der Waals surface area contributed by atoms with Crippen molar-refractivity contribution in [3.63, 3.8) is 0 Å². The average molecular weight is 314 g/mol. The fourth-order valence-electron chi connectivity index (χ4n) is 2.60. The Kier molecular flexibility index (Phi) is 5.86. The molecule has 0 N–H and O–H groups in total. The molecule has 1 fully saturated rings. The van der Waals surface area contributed by atoms with Crippen LogP contribution in [0.25, 0.3) is 0 Å². The Labute approximate surface area is 128 Å². The summed E-state index contributed by atoms with van der Waals surface area (Å²) >= 11 is 3.49. The van der Waals surface area contributed by atoms with Crippen molar-refractivity contribution < 1.29 is 9.53 Å². The number of rotatable bonds is 6. The highest BCUT2D eigenvalue weighted by atomic mass is 32.2. The van der Waals surface area contributed by atoms with Crippen molar-refractivity contribution in [1.29, 1.82) is 0 Å². The van der Waals surface area contributed by atoms with Crippen molar-refractivity contribution in [2.24, 2.45) is 0 Å². The predicted molar refractivity (Wildman–Crippen MR) is 84.5 cm³/mol. The minimum Gasteiger partial charge on any atom is -0.378 e. The van der Waals surface area contributed by atoms with Gasteiger partial charge in [0.25, 0.3) is 5.91 Å². The first-order valence-electron chi connectivity index (χ1n) is 6.97. The molecule has 0 bridgehead atoms. The lowest BCUT2D eigenvalue weighted by atomic mass is 10.2. The lowest BCUT2D eigenvalue weighted by Crippen LogP contribution is -2.35. The van der Waals surface area contributed by atoms with Gasteiger partial charge in [-0.1, -0.05) is 6.92 Å². The third-order valence-corrected chi connectivity index (χ3v) is 5.72. The van der Waals surface area contributed by atoms with E-state index in [0.717, 1.165) is 23.6 Å².